The molecule has 58 valence electrons. The van der Waals surface area contributed by atoms with E-state index in [9.17, 15) is 0 Å². The van der Waals surface area contributed by atoms with Gasteiger partial charge in [0.1, 0.15) is 0 Å². The third-order valence-electron chi connectivity index (χ3n) is 1.26. The van der Waals surface area contributed by atoms with Crippen molar-refractivity contribution in [1.29, 1.82) is 0 Å². The molecule has 0 atom stereocenters. The molecule has 0 spiro atoms. The number of rotatable bonds is 5. The van der Waals surface area contributed by atoms with Gasteiger partial charge in [0, 0.05) is 6.61 Å². The maximum absolute atomic E-state index is 8.37. The van der Waals surface area contributed by atoms with Crippen molar-refractivity contribution in [3.05, 3.63) is 0 Å². The van der Waals surface area contributed by atoms with E-state index in [1.54, 1.807) is 0 Å². The van der Waals surface area contributed by atoms with Crippen LogP contribution in [0.25, 0.3) is 0 Å². The van der Waals surface area contributed by atoms with Gasteiger partial charge in [0.25, 0.3) is 0 Å². The predicted molar refractivity (Wildman–Crippen MR) is 40.9 cm³/mol. The highest BCUT2D eigenvalue weighted by atomic mass is 16.2. The fraction of sp³-hybridized carbons (Fsp3) is 1.00. The largest absolute Gasteiger partial charge is 0.396 e. The van der Waals surface area contributed by atoms with Crippen LogP contribution in [-0.2, 0) is 0 Å². The van der Waals surface area contributed by atoms with Crippen molar-refractivity contribution in [3.63, 3.8) is 0 Å². The number of unbranched alkanes of at least 4 members (excludes halogenated alkanes) is 4. The summed E-state index contributed by atoms with van der Waals surface area (Å²) in [5.41, 5.74) is 0. The minimum absolute atomic E-state index is 0. The molecule has 0 heterocycles. The van der Waals surface area contributed by atoms with Crippen LogP contribution >= 0.6 is 0 Å². The van der Waals surface area contributed by atoms with E-state index in [4.69, 9.17) is 5.11 Å². The van der Waals surface area contributed by atoms with E-state index in [1.165, 1.54) is 25.7 Å². The average Bonchev–Trinajstić information content (AvgIpc) is 1.81. The molecule has 2 nitrogen and oxygen atoms in total. The Kier molecular flexibility index (Phi) is 14.0. The molecule has 9 heavy (non-hydrogen) atoms. The number of aliphatic hydroxyl groups excluding tert-OH is 1. The van der Waals surface area contributed by atoms with E-state index >= 15 is 0 Å². The Labute approximate surface area is 57.9 Å². The zero-order valence-electron chi connectivity index (χ0n) is 6.40. The van der Waals surface area contributed by atoms with Gasteiger partial charge in [-0.3, -0.25) is 0 Å². The van der Waals surface area contributed by atoms with Crippen molar-refractivity contribution < 1.29 is 5.11 Å². The molecule has 0 aliphatic rings. The van der Waals surface area contributed by atoms with Gasteiger partial charge in [-0.05, 0) is 6.42 Å². The second-order valence-electron chi connectivity index (χ2n) is 2.14. The van der Waals surface area contributed by atoms with Crippen molar-refractivity contribution in [2.75, 3.05) is 6.61 Å². The van der Waals surface area contributed by atoms with Crippen LogP contribution in [0.1, 0.15) is 39.0 Å². The molecular formula is C7H19NO. The highest BCUT2D eigenvalue weighted by molar-refractivity contribution is 4.39. The molecule has 0 aliphatic heterocycles. The quantitative estimate of drug-likeness (QED) is 0.564. The highest BCUT2D eigenvalue weighted by Crippen LogP contribution is 2.00. The Bertz CT molecular complexity index is 33.9. The van der Waals surface area contributed by atoms with Gasteiger partial charge in [-0.2, -0.15) is 0 Å². The maximum Gasteiger partial charge on any atom is 0.0431 e. The lowest BCUT2D eigenvalue weighted by atomic mass is 10.2. The lowest BCUT2D eigenvalue weighted by molar-refractivity contribution is 0.282. The van der Waals surface area contributed by atoms with Gasteiger partial charge in [-0.15, -0.1) is 0 Å². The second-order valence-corrected chi connectivity index (χ2v) is 2.14. The first-order valence-electron chi connectivity index (χ1n) is 3.52. The number of hydrogen-bond donors (Lipinski definition) is 2. The van der Waals surface area contributed by atoms with E-state index in [-0.39, 0.29) is 6.15 Å². The van der Waals surface area contributed by atoms with Gasteiger partial charge >= 0.3 is 0 Å². The maximum atomic E-state index is 8.37. The van der Waals surface area contributed by atoms with Gasteiger partial charge in [0.2, 0.25) is 0 Å². The monoisotopic (exact) mass is 133 g/mol. The number of hydrogen-bond acceptors (Lipinski definition) is 2. The standard InChI is InChI=1S/C7H16O.H3N/c1-2-3-4-5-6-7-8;/h8H,2-7H2,1H3;1H3. The van der Waals surface area contributed by atoms with Crippen LogP contribution in [0.4, 0.5) is 0 Å². The van der Waals surface area contributed by atoms with Crippen LogP contribution in [0.15, 0.2) is 0 Å². The second kappa shape index (κ2) is 10.8. The molecular weight excluding hydrogens is 114 g/mol. The van der Waals surface area contributed by atoms with Crippen molar-refractivity contribution in [3.8, 4) is 0 Å². The smallest absolute Gasteiger partial charge is 0.0431 e. The molecule has 0 unspecified atom stereocenters. The first-order chi connectivity index (χ1) is 3.91. The zero-order valence-corrected chi connectivity index (χ0v) is 6.40. The highest BCUT2D eigenvalue weighted by Gasteiger charge is 1.84. The topological polar surface area (TPSA) is 55.2 Å². The summed E-state index contributed by atoms with van der Waals surface area (Å²) in [5.74, 6) is 0. The summed E-state index contributed by atoms with van der Waals surface area (Å²) < 4.78 is 0. The van der Waals surface area contributed by atoms with Crippen molar-refractivity contribution in [1.82, 2.24) is 6.15 Å². The zero-order chi connectivity index (χ0) is 6.24. The summed E-state index contributed by atoms with van der Waals surface area (Å²) in [6, 6.07) is 0. The third kappa shape index (κ3) is 11.5. The Morgan fingerprint density at radius 1 is 1.00 bits per heavy atom. The van der Waals surface area contributed by atoms with E-state index in [2.05, 4.69) is 6.92 Å². The van der Waals surface area contributed by atoms with Gasteiger partial charge in [-0.1, -0.05) is 32.6 Å². The Balaban J connectivity index is 0. The van der Waals surface area contributed by atoms with Crippen molar-refractivity contribution >= 4 is 0 Å². The first-order valence-corrected chi connectivity index (χ1v) is 3.52. The molecule has 0 bridgehead atoms. The predicted octanol–water partition coefficient (Wildman–Crippen LogP) is 2.11. The summed E-state index contributed by atoms with van der Waals surface area (Å²) in [7, 11) is 0. The van der Waals surface area contributed by atoms with E-state index in [0.29, 0.717) is 6.61 Å². The lowest BCUT2D eigenvalue weighted by Crippen LogP contribution is -1.81. The van der Waals surface area contributed by atoms with Gasteiger partial charge in [0.15, 0.2) is 0 Å². The summed E-state index contributed by atoms with van der Waals surface area (Å²) >= 11 is 0. The summed E-state index contributed by atoms with van der Waals surface area (Å²) in [5, 5.41) is 8.37. The van der Waals surface area contributed by atoms with Crippen molar-refractivity contribution in [2.45, 2.75) is 39.0 Å². The Hall–Kier alpha value is -0.0800. The summed E-state index contributed by atoms with van der Waals surface area (Å²) in [6.45, 7) is 2.56. The van der Waals surface area contributed by atoms with Gasteiger partial charge in [0.05, 0.1) is 0 Å². The van der Waals surface area contributed by atoms with Crippen LogP contribution in [-0.4, -0.2) is 11.7 Å². The Morgan fingerprint density at radius 2 is 1.56 bits per heavy atom. The van der Waals surface area contributed by atoms with Crippen LogP contribution in [0.5, 0.6) is 0 Å². The molecule has 2 heteroatoms. The average molecular weight is 133 g/mol. The molecule has 0 aromatic carbocycles. The molecule has 0 aromatic heterocycles. The molecule has 0 rings (SSSR count). The molecule has 0 saturated carbocycles. The minimum Gasteiger partial charge on any atom is -0.396 e. The van der Waals surface area contributed by atoms with E-state index < -0.39 is 0 Å². The van der Waals surface area contributed by atoms with Gasteiger partial charge < -0.3 is 11.3 Å². The molecule has 4 N–H and O–H groups in total. The van der Waals surface area contributed by atoms with Gasteiger partial charge in [-0.25, -0.2) is 0 Å². The van der Waals surface area contributed by atoms with Crippen LogP contribution in [0.3, 0.4) is 0 Å². The molecule has 0 amide bonds. The number of aliphatic hydroxyl groups is 1. The lowest BCUT2D eigenvalue weighted by Gasteiger charge is -1.93. The SMILES string of the molecule is CCCCCCCO.N. The third-order valence-corrected chi connectivity index (χ3v) is 1.26. The summed E-state index contributed by atoms with van der Waals surface area (Å²) in [4.78, 5) is 0. The van der Waals surface area contributed by atoms with Crippen LogP contribution in [0.2, 0.25) is 0 Å². The molecule has 0 fully saturated rings. The van der Waals surface area contributed by atoms with Crippen molar-refractivity contribution in [2.24, 2.45) is 0 Å². The molecule has 0 saturated heterocycles. The normalized spacial score (nSPS) is 8.67. The molecule has 0 aliphatic carbocycles. The van der Waals surface area contributed by atoms with E-state index in [1.807, 2.05) is 0 Å². The molecule has 0 radical (unpaired) electrons. The fourth-order valence-corrected chi connectivity index (χ4v) is 0.715. The van der Waals surface area contributed by atoms with Crippen LogP contribution in [0, 0.1) is 0 Å². The fourth-order valence-electron chi connectivity index (χ4n) is 0.715. The summed E-state index contributed by atoms with van der Waals surface area (Å²) in [6.07, 6.45) is 6.08. The first kappa shape index (κ1) is 11.7. The van der Waals surface area contributed by atoms with Crippen LogP contribution < -0.4 is 6.15 Å². The minimum atomic E-state index is 0. The Morgan fingerprint density at radius 3 is 2.00 bits per heavy atom. The van der Waals surface area contributed by atoms with E-state index in [0.717, 1.165) is 6.42 Å². The molecule has 0 aromatic rings.